The maximum absolute atomic E-state index is 13.2. The molecule has 0 radical (unpaired) electrons. The molecule has 25 heavy (non-hydrogen) atoms. The number of carbonyl (C=O) groups is 2. The van der Waals surface area contributed by atoms with Crippen molar-refractivity contribution in [1.82, 2.24) is 10.2 Å². The summed E-state index contributed by atoms with van der Waals surface area (Å²) >= 11 is 0. The van der Waals surface area contributed by atoms with Gasteiger partial charge in [0.1, 0.15) is 5.82 Å². The first-order valence-electron chi connectivity index (χ1n) is 7.98. The molecule has 0 spiro atoms. The minimum absolute atomic E-state index is 0.161. The maximum Gasteiger partial charge on any atom is 0.315 e. The van der Waals surface area contributed by atoms with Gasteiger partial charge in [0.2, 0.25) is 0 Å². The Kier molecular flexibility index (Phi) is 4.95. The van der Waals surface area contributed by atoms with Crippen molar-refractivity contribution in [2.24, 2.45) is 5.73 Å². The number of nitrogens with zero attached hydrogens (tertiary/aromatic N) is 1. The molecule has 0 aromatic heterocycles. The normalized spacial score (nSPS) is 17.2. The topological polar surface area (TPSA) is 87.5 Å². The van der Waals surface area contributed by atoms with E-state index in [4.69, 9.17) is 5.73 Å². The first kappa shape index (κ1) is 16.9. The lowest BCUT2D eigenvalue weighted by molar-refractivity contribution is 0.102. The molecule has 0 saturated carbocycles. The molecule has 7 heteroatoms. The molecule has 4 N–H and O–H groups in total. The van der Waals surface area contributed by atoms with Crippen molar-refractivity contribution in [2.45, 2.75) is 6.04 Å². The number of urea groups is 1. The molecule has 1 unspecified atom stereocenters. The van der Waals surface area contributed by atoms with Crippen molar-refractivity contribution in [3.8, 4) is 0 Å². The van der Waals surface area contributed by atoms with E-state index >= 15 is 0 Å². The average molecular weight is 342 g/mol. The number of nitrogens with one attached hydrogen (secondary N) is 2. The lowest BCUT2D eigenvalue weighted by Gasteiger charge is -2.35. The summed E-state index contributed by atoms with van der Waals surface area (Å²) in [7, 11) is 0. The second kappa shape index (κ2) is 7.31. The molecule has 0 aliphatic carbocycles. The van der Waals surface area contributed by atoms with Crippen LogP contribution >= 0.6 is 0 Å². The minimum Gasteiger partial charge on any atom is -0.351 e. The second-order valence-corrected chi connectivity index (χ2v) is 5.84. The fraction of sp³-hybridized carbons (Fsp3) is 0.222. The highest BCUT2D eigenvalue weighted by Crippen LogP contribution is 2.22. The van der Waals surface area contributed by atoms with Crippen LogP contribution in [0.3, 0.4) is 0 Å². The molecule has 2 aromatic rings. The van der Waals surface area contributed by atoms with Crippen LogP contribution < -0.4 is 16.4 Å². The quantitative estimate of drug-likeness (QED) is 0.798. The number of halogens is 1. The van der Waals surface area contributed by atoms with Crippen molar-refractivity contribution in [3.63, 3.8) is 0 Å². The Morgan fingerprint density at radius 2 is 1.96 bits per heavy atom. The fourth-order valence-electron chi connectivity index (χ4n) is 2.89. The summed E-state index contributed by atoms with van der Waals surface area (Å²) in [6, 6.07) is 12.1. The number of benzene rings is 2. The van der Waals surface area contributed by atoms with E-state index in [0.717, 1.165) is 5.56 Å². The van der Waals surface area contributed by atoms with E-state index in [-0.39, 0.29) is 11.9 Å². The van der Waals surface area contributed by atoms with E-state index < -0.39 is 11.8 Å². The van der Waals surface area contributed by atoms with Crippen LogP contribution in [-0.2, 0) is 0 Å². The van der Waals surface area contributed by atoms with Crippen LogP contribution in [0.2, 0.25) is 0 Å². The molecular formula is C18H19FN4O2. The third kappa shape index (κ3) is 3.95. The third-order valence-corrected chi connectivity index (χ3v) is 4.17. The summed E-state index contributed by atoms with van der Waals surface area (Å²) in [5, 5.41) is 5.88. The van der Waals surface area contributed by atoms with Crippen LogP contribution in [0.5, 0.6) is 0 Å². The first-order valence-corrected chi connectivity index (χ1v) is 7.98. The van der Waals surface area contributed by atoms with Crippen LogP contribution in [0, 0.1) is 5.82 Å². The molecule has 2 aromatic carbocycles. The summed E-state index contributed by atoms with van der Waals surface area (Å²) in [5.41, 5.74) is 7.17. The molecule has 1 aliphatic heterocycles. The SMILES string of the molecule is NC(=O)N1CCNCC1c1ccc(C(=O)Nc2cccc(F)c2)cc1. The number of rotatable bonds is 3. The molecule has 3 amide bonds. The molecular weight excluding hydrogens is 323 g/mol. The number of carbonyl (C=O) groups excluding carboxylic acids is 2. The van der Waals surface area contributed by atoms with Crippen LogP contribution in [0.25, 0.3) is 0 Å². The molecule has 1 saturated heterocycles. The van der Waals surface area contributed by atoms with Crippen molar-refractivity contribution in [1.29, 1.82) is 0 Å². The lowest BCUT2D eigenvalue weighted by Crippen LogP contribution is -2.50. The zero-order valence-corrected chi connectivity index (χ0v) is 13.5. The van der Waals surface area contributed by atoms with E-state index in [1.54, 1.807) is 35.2 Å². The highest BCUT2D eigenvalue weighted by atomic mass is 19.1. The minimum atomic E-state index is -0.459. The molecule has 1 aliphatic rings. The van der Waals surface area contributed by atoms with Crippen molar-refractivity contribution in [2.75, 3.05) is 25.0 Å². The second-order valence-electron chi connectivity index (χ2n) is 5.84. The highest BCUT2D eigenvalue weighted by molar-refractivity contribution is 6.04. The molecule has 1 heterocycles. The van der Waals surface area contributed by atoms with Crippen LogP contribution in [-0.4, -0.2) is 36.5 Å². The Labute approximate surface area is 144 Å². The summed E-state index contributed by atoms with van der Waals surface area (Å²) < 4.78 is 13.2. The van der Waals surface area contributed by atoms with Gasteiger partial charge in [-0.05, 0) is 35.9 Å². The Hall–Kier alpha value is -2.93. The molecule has 0 bridgehead atoms. The van der Waals surface area contributed by atoms with Crippen LogP contribution in [0.15, 0.2) is 48.5 Å². The zero-order valence-electron chi connectivity index (χ0n) is 13.5. The smallest absolute Gasteiger partial charge is 0.315 e. The number of amides is 3. The van der Waals surface area contributed by atoms with Gasteiger partial charge in [-0.3, -0.25) is 4.79 Å². The molecule has 1 fully saturated rings. The Balaban J connectivity index is 1.73. The number of hydrogen-bond donors (Lipinski definition) is 3. The van der Waals surface area contributed by atoms with Gasteiger partial charge in [0.25, 0.3) is 5.91 Å². The van der Waals surface area contributed by atoms with E-state index in [1.165, 1.54) is 18.2 Å². The first-order chi connectivity index (χ1) is 12.0. The van der Waals surface area contributed by atoms with E-state index in [9.17, 15) is 14.0 Å². The van der Waals surface area contributed by atoms with Gasteiger partial charge in [-0.25, -0.2) is 9.18 Å². The number of nitrogens with two attached hydrogens (primary N) is 1. The maximum atomic E-state index is 13.2. The predicted molar refractivity (Wildman–Crippen MR) is 92.7 cm³/mol. The number of primary amides is 1. The summed E-state index contributed by atoms with van der Waals surface area (Å²) in [5.74, 6) is -0.741. The summed E-state index contributed by atoms with van der Waals surface area (Å²) in [6.07, 6.45) is 0. The van der Waals surface area contributed by atoms with Crippen LogP contribution in [0.1, 0.15) is 22.0 Å². The average Bonchev–Trinajstić information content (AvgIpc) is 2.62. The standard InChI is InChI=1S/C18H19FN4O2/c19-14-2-1-3-15(10-14)22-17(24)13-6-4-12(5-7-13)16-11-21-8-9-23(16)18(20)25/h1-7,10,16,21H,8-9,11H2,(H2,20,25)(H,22,24). The number of hydrogen-bond acceptors (Lipinski definition) is 3. The van der Waals surface area contributed by atoms with Gasteiger partial charge < -0.3 is 21.3 Å². The third-order valence-electron chi connectivity index (χ3n) is 4.17. The van der Waals surface area contributed by atoms with Gasteiger partial charge in [0, 0.05) is 30.9 Å². The summed E-state index contributed by atoms with van der Waals surface area (Å²) in [6.45, 7) is 1.85. The molecule has 3 rings (SSSR count). The highest BCUT2D eigenvalue weighted by Gasteiger charge is 2.26. The monoisotopic (exact) mass is 342 g/mol. The van der Waals surface area contributed by atoms with E-state index in [0.29, 0.717) is 30.9 Å². The summed E-state index contributed by atoms with van der Waals surface area (Å²) in [4.78, 5) is 25.4. The Bertz CT molecular complexity index is 779. The van der Waals surface area contributed by atoms with Crippen LogP contribution in [0.4, 0.5) is 14.9 Å². The molecule has 130 valence electrons. The molecule has 6 nitrogen and oxygen atoms in total. The van der Waals surface area contributed by atoms with Gasteiger partial charge in [0.15, 0.2) is 0 Å². The Morgan fingerprint density at radius 3 is 2.64 bits per heavy atom. The van der Waals surface area contributed by atoms with Gasteiger partial charge in [-0.1, -0.05) is 18.2 Å². The molecule has 1 atom stereocenters. The Morgan fingerprint density at radius 1 is 1.20 bits per heavy atom. The van der Waals surface area contributed by atoms with E-state index in [2.05, 4.69) is 10.6 Å². The van der Waals surface area contributed by atoms with Gasteiger partial charge >= 0.3 is 6.03 Å². The fourth-order valence-corrected chi connectivity index (χ4v) is 2.89. The van der Waals surface area contributed by atoms with E-state index in [1.807, 2.05) is 0 Å². The van der Waals surface area contributed by atoms with Gasteiger partial charge in [0.05, 0.1) is 6.04 Å². The van der Waals surface area contributed by atoms with Gasteiger partial charge in [-0.15, -0.1) is 0 Å². The zero-order chi connectivity index (χ0) is 17.8. The van der Waals surface area contributed by atoms with Crippen molar-refractivity contribution >= 4 is 17.6 Å². The number of piperazine rings is 1. The van der Waals surface area contributed by atoms with Gasteiger partial charge in [-0.2, -0.15) is 0 Å². The van der Waals surface area contributed by atoms with Crippen molar-refractivity contribution in [3.05, 3.63) is 65.5 Å². The number of anilines is 1. The van der Waals surface area contributed by atoms with Crippen molar-refractivity contribution < 1.29 is 14.0 Å². The predicted octanol–water partition coefficient (Wildman–Crippen LogP) is 2.10. The largest absolute Gasteiger partial charge is 0.351 e. The lowest BCUT2D eigenvalue weighted by atomic mass is 10.0.